The van der Waals surface area contributed by atoms with Crippen molar-refractivity contribution in [2.75, 3.05) is 13.1 Å². The molecule has 1 fully saturated rings. The van der Waals surface area contributed by atoms with Gasteiger partial charge < -0.3 is 10.2 Å². The molecule has 108 valence electrons. The van der Waals surface area contributed by atoms with Gasteiger partial charge in [0.25, 0.3) is 0 Å². The van der Waals surface area contributed by atoms with E-state index in [4.69, 9.17) is 0 Å². The molecular weight excluding hydrogens is 273 g/mol. The molecule has 1 unspecified atom stereocenters. The van der Waals surface area contributed by atoms with E-state index in [1.54, 1.807) is 0 Å². The fourth-order valence-electron chi connectivity index (χ4n) is 2.31. The van der Waals surface area contributed by atoms with Crippen molar-refractivity contribution in [1.82, 2.24) is 10.2 Å². The Balaban J connectivity index is 2.52. The van der Waals surface area contributed by atoms with Crippen molar-refractivity contribution in [3.63, 3.8) is 0 Å². The third kappa shape index (κ3) is 2.61. The third-order valence-electron chi connectivity index (χ3n) is 3.18. The first-order valence-electron chi connectivity index (χ1n) is 6.03. The summed E-state index contributed by atoms with van der Waals surface area (Å²) in [5.41, 5.74) is -1.10. The van der Waals surface area contributed by atoms with E-state index in [0.717, 1.165) is 11.0 Å². The first kappa shape index (κ1) is 14.4. The summed E-state index contributed by atoms with van der Waals surface area (Å²) in [6, 6.07) is 3.58. The molecule has 1 heterocycles. The van der Waals surface area contributed by atoms with Gasteiger partial charge in [0.2, 0.25) is 11.8 Å². The molecule has 0 aromatic heterocycles. The van der Waals surface area contributed by atoms with Crippen molar-refractivity contribution in [2.45, 2.75) is 19.1 Å². The summed E-state index contributed by atoms with van der Waals surface area (Å²) in [6.45, 7) is 1.67. The van der Waals surface area contributed by atoms with Crippen LogP contribution in [0.1, 0.15) is 24.1 Å². The SMILES string of the molecule is CC(=O)N1CCNC(=O)C1c1ccccc1C(F)(F)F. The van der Waals surface area contributed by atoms with Crippen LogP contribution in [-0.2, 0) is 15.8 Å². The fraction of sp³-hybridized carbons (Fsp3) is 0.385. The zero-order valence-corrected chi connectivity index (χ0v) is 10.7. The largest absolute Gasteiger partial charge is 0.416 e. The average molecular weight is 286 g/mol. The van der Waals surface area contributed by atoms with E-state index in [1.807, 2.05) is 0 Å². The Hall–Kier alpha value is -2.05. The second kappa shape index (κ2) is 5.15. The van der Waals surface area contributed by atoms with E-state index in [0.29, 0.717) is 0 Å². The number of carbonyl (C=O) groups is 2. The van der Waals surface area contributed by atoms with Crippen LogP contribution < -0.4 is 5.32 Å². The maximum atomic E-state index is 13.0. The highest BCUT2D eigenvalue weighted by molar-refractivity contribution is 5.89. The minimum atomic E-state index is -4.57. The molecule has 7 heteroatoms. The van der Waals surface area contributed by atoms with Gasteiger partial charge >= 0.3 is 6.18 Å². The van der Waals surface area contributed by atoms with Crippen LogP contribution in [0.15, 0.2) is 24.3 Å². The molecule has 20 heavy (non-hydrogen) atoms. The topological polar surface area (TPSA) is 49.4 Å². The Morgan fingerprint density at radius 3 is 2.60 bits per heavy atom. The number of benzene rings is 1. The number of rotatable bonds is 1. The van der Waals surface area contributed by atoms with Crippen LogP contribution in [0, 0.1) is 0 Å². The number of piperazine rings is 1. The first-order chi connectivity index (χ1) is 9.32. The molecule has 4 nitrogen and oxygen atoms in total. The van der Waals surface area contributed by atoms with Gasteiger partial charge in [0.05, 0.1) is 5.56 Å². The summed E-state index contributed by atoms with van der Waals surface area (Å²) in [4.78, 5) is 24.6. The molecule has 1 N–H and O–H groups in total. The van der Waals surface area contributed by atoms with E-state index in [1.165, 1.54) is 25.1 Å². The minimum absolute atomic E-state index is 0.192. The first-order valence-corrected chi connectivity index (χ1v) is 6.03. The van der Waals surface area contributed by atoms with Crippen molar-refractivity contribution in [3.05, 3.63) is 35.4 Å². The smallest absolute Gasteiger partial charge is 0.352 e. The molecule has 1 atom stereocenters. The van der Waals surface area contributed by atoms with Crippen LogP contribution in [0.5, 0.6) is 0 Å². The minimum Gasteiger partial charge on any atom is -0.352 e. The van der Waals surface area contributed by atoms with Crippen molar-refractivity contribution in [3.8, 4) is 0 Å². The fourth-order valence-corrected chi connectivity index (χ4v) is 2.31. The molecule has 1 aliphatic heterocycles. The van der Waals surface area contributed by atoms with Gasteiger partial charge in [-0.2, -0.15) is 13.2 Å². The maximum Gasteiger partial charge on any atom is 0.416 e. The van der Waals surface area contributed by atoms with Crippen LogP contribution >= 0.6 is 0 Å². The van der Waals surface area contributed by atoms with Gasteiger partial charge in [0, 0.05) is 20.0 Å². The van der Waals surface area contributed by atoms with Gasteiger partial charge in [-0.05, 0) is 11.6 Å². The molecule has 1 aliphatic rings. The van der Waals surface area contributed by atoms with Crippen LogP contribution in [0.3, 0.4) is 0 Å². The number of nitrogens with zero attached hydrogens (tertiary/aromatic N) is 1. The van der Waals surface area contributed by atoms with E-state index in [-0.39, 0.29) is 18.7 Å². The second-order valence-corrected chi connectivity index (χ2v) is 4.49. The molecule has 1 saturated heterocycles. The van der Waals surface area contributed by atoms with Gasteiger partial charge in [-0.15, -0.1) is 0 Å². The number of carbonyl (C=O) groups excluding carboxylic acids is 2. The van der Waals surface area contributed by atoms with Crippen molar-refractivity contribution < 1.29 is 22.8 Å². The van der Waals surface area contributed by atoms with Gasteiger partial charge in [0.15, 0.2) is 0 Å². The lowest BCUT2D eigenvalue weighted by atomic mass is 9.96. The number of hydrogen-bond donors (Lipinski definition) is 1. The summed E-state index contributed by atoms with van der Waals surface area (Å²) in [6.07, 6.45) is -4.57. The van der Waals surface area contributed by atoms with E-state index in [2.05, 4.69) is 5.32 Å². The van der Waals surface area contributed by atoms with Crippen LogP contribution in [-0.4, -0.2) is 29.8 Å². The lowest BCUT2D eigenvalue weighted by molar-refractivity contribution is -0.145. The Kier molecular flexibility index (Phi) is 3.69. The molecule has 1 aromatic carbocycles. The predicted molar refractivity (Wildman–Crippen MR) is 64.6 cm³/mol. The van der Waals surface area contributed by atoms with E-state index in [9.17, 15) is 22.8 Å². The molecule has 0 spiro atoms. The average Bonchev–Trinajstić information content (AvgIpc) is 2.37. The molecule has 2 amide bonds. The standard InChI is InChI=1S/C13H13F3N2O2/c1-8(19)18-7-6-17-12(20)11(18)9-4-2-3-5-10(9)13(14,15)16/h2-5,11H,6-7H2,1H3,(H,17,20). The molecule has 0 radical (unpaired) electrons. The quantitative estimate of drug-likeness (QED) is 0.854. The second-order valence-electron chi connectivity index (χ2n) is 4.49. The Morgan fingerprint density at radius 2 is 2.00 bits per heavy atom. The number of amides is 2. The number of nitrogens with one attached hydrogen (secondary N) is 1. The lowest BCUT2D eigenvalue weighted by Crippen LogP contribution is -2.52. The number of alkyl halides is 3. The van der Waals surface area contributed by atoms with Gasteiger partial charge in [0.1, 0.15) is 6.04 Å². The summed E-state index contributed by atoms with van der Waals surface area (Å²) in [5, 5.41) is 2.49. The Bertz CT molecular complexity index is 543. The zero-order valence-electron chi connectivity index (χ0n) is 10.7. The van der Waals surface area contributed by atoms with Crippen LogP contribution in [0.25, 0.3) is 0 Å². The Morgan fingerprint density at radius 1 is 1.35 bits per heavy atom. The Labute approximate surface area is 113 Å². The predicted octanol–water partition coefficient (Wildman–Crippen LogP) is 1.72. The maximum absolute atomic E-state index is 13.0. The van der Waals surface area contributed by atoms with Gasteiger partial charge in [-0.1, -0.05) is 18.2 Å². The van der Waals surface area contributed by atoms with Crippen LogP contribution in [0.2, 0.25) is 0 Å². The number of hydrogen-bond acceptors (Lipinski definition) is 2. The molecular formula is C13H13F3N2O2. The third-order valence-corrected chi connectivity index (χ3v) is 3.18. The normalized spacial score (nSPS) is 19.7. The van der Waals surface area contributed by atoms with Crippen LogP contribution in [0.4, 0.5) is 13.2 Å². The zero-order chi connectivity index (χ0) is 14.9. The molecule has 1 aromatic rings. The molecule has 0 saturated carbocycles. The molecule has 0 aliphatic carbocycles. The van der Waals surface area contributed by atoms with Crippen molar-refractivity contribution in [1.29, 1.82) is 0 Å². The van der Waals surface area contributed by atoms with E-state index >= 15 is 0 Å². The van der Waals surface area contributed by atoms with E-state index < -0.39 is 29.6 Å². The van der Waals surface area contributed by atoms with Gasteiger partial charge in [-0.3, -0.25) is 9.59 Å². The highest BCUT2D eigenvalue weighted by Gasteiger charge is 2.40. The van der Waals surface area contributed by atoms with Gasteiger partial charge in [-0.25, -0.2) is 0 Å². The summed E-state index contributed by atoms with van der Waals surface area (Å²) in [7, 11) is 0. The van der Waals surface area contributed by atoms with Crippen molar-refractivity contribution in [2.24, 2.45) is 0 Å². The lowest BCUT2D eigenvalue weighted by Gasteiger charge is -2.35. The summed E-state index contributed by atoms with van der Waals surface area (Å²) in [5.74, 6) is -1.02. The summed E-state index contributed by atoms with van der Waals surface area (Å²) < 4.78 is 39.1. The highest BCUT2D eigenvalue weighted by Crippen LogP contribution is 2.36. The number of halogens is 3. The monoisotopic (exact) mass is 286 g/mol. The van der Waals surface area contributed by atoms with Crippen molar-refractivity contribution >= 4 is 11.8 Å². The highest BCUT2D eigenvalue weighted by atomic mass is 19.4. The summed E-state index contributed by atoms with van der Waals surface area (Å²) >= 11 is 0. The molecule has 0 bridgehead atoms. The molecule has 2 rings (SSSR count).